The molecule has 10 heteroatoms. The van der Waals surface area contributed by atoms with E-state index in [9.17, 15) is 18.0 Å². The summed E-state index contributed by atoms with van der Waals surface area (Å²) in [7, 11) is -3.84. The molecule has 0 saturated heterocycles. The number of benzene rings is 2. The van der Waals surface area contributed by atoms with Gasteiger partial charge in [0, 0.05) is 18.4 Å². The fourth-order valence-electron chi connectivity index (χ4n) is 3.56. The normalized spacial score (nSPS) is 15.8. The molecule has 0 spiro atoms. The van der Waals surface area contributed by atoms with Crippen molar-refractivity contribution < 1.29 is 27.5 Å². The zero-order valence-corrected chi connectivity index (χ0v) is 18.2. The highest BCUT2D eigenvalue weighted by molar-refractivity contribution is 7.92. The van der Waals surface area contributed by atoms with Crippen LogP contribution in [0.2, 0.25) is 0 Å². The molecule has 3 aromatic rings. The molecule has 0 fully saturated rings. The van der Waals surface area contributed by atoms with E-state index in [1.165, 1.54) is 23.4 Å². The van der Waals surface area contributed by atoms with Crippen LogP contribution in [0.25, 0.3) is 0 Å². The van der Waals surface area contributed by atoms with E-state index in [0.29, 0.717) is 22.7 Å². The lowest BCUT2D eigenvalue weighted by molar-refractivity contribution is -0.141. The third-order valence-electron chi connectivity index (χ3n) is 5.13. The molecular weight excluding hydrogens is 446 g/mol. The summed E-state index contributed by atoms with van der Waals surface area (Å²) in [5.74, 6) is -1.04. The Morgan fingerprint density at radius 2 is 1.76 bits per heavy atom. The quantitative estimate of drug-likeness (QED) is 0.520. The van der Waals surface area contributed by atoms with Crippen LogP contribution in [-0.2, 0) is 19.6 Å². The van der Waals surface area contributed by atoms with Crippen LogP contribution in [0.3, 0.4) is 0 Å². The second-order valence-corrected chi connectivity index (χ2v) is 9.06. The number of anilines is 1. The highest BCUT2D eigenvalue weighted by Gasteiger charge is 2.35. The number of carbonyl (C=O) groups excluding carboxylic acids is 1. The second-order valence-electron chi connectivity index (χ2n) is 7.38. The summed E-state index contributed by atoms with van der Waals surface area (Å²) in [5.41, 5.74) is 1.31. The summed E-state index contributed by atoms with van der Waals surface area (Å²) in [6.07, 6.45) is 1.22. The van der Waals surface area contributed by atoms with E-state index in [2.05, 4.69) is 9.82 Å². The van der Waals surface area contributed by atoms with Gasteiger partial charge in [-0.1, -0.05) is 36.4 Å². The number of carbonyl (C=O) groups is 2. The van der Waals surface area contributed by atoms with Crippen LogP contribution in [0.5, 0.6) is 0 Å². The number of furan rings is 1. The molecule has 0 aliphatic carbocycles. The monoisotopic (exact) mass is 467 g/mol. The number of rotatable bonds is 8. The first-order chi connectivity index (χ1) is 15.8. The Morgan fingerprint density at radius 1 is 1.03 bits per heavy atom. The van der Waals surface area contributed by atoms with Crippen molar-refractivity contribution in [3.63, 3.8) is 0 Å². The maximum Gasteiger partial charge on any atom is 0.303 e. The molecule has 33 heavy (non-hydrogen) atoms. The standard InChI is InChI=1S/C23H21N3O6S/c27-22(12-13-23(28)29)26-20(21-11-6-14-32-21)15-19(24-26)17-9-4-5-10-18(17)25-33(30,31)16-7-2-1-3-8-16/h1-11,14,20,25H,12-13,15H2,(H,28,29)/t20-/m0/s1. The van der Waals surface area contributed by atoms with Gasteiger partial charge >= 0.3 is 5.97 Å². The average Bonchev–Trinajstić information content (AvgIpc) is 3.48. The predicted molar refractivity (Wildman–Crippen MR) is 120 cm³/mol. The predicted octanol–water partition coefficient (Wildman–Crippen LogP) is 3.62. The highest BCUT2D eigenvalue weighted by atomic mass is 32.2. The summed E-state index contributed by atoms with van der Waals surface area (Å²) in [5, 5.41) is 14.6. The molecule has 0 unspecified atom stereocenters. The zero-order chi connectivity index (χ0) is 23.4. The molecule has 1 amide bonds. The van der Waals surface area contributed by atoms with Crippen LogP contribution in [0, 0.1) is 0 Å². The first-order valence-corrected chi connectivity index (χ1v) is 11.7. The number of nitrogens with zero attached hydrogens (tertiary/aromatic N) is 2. The molecule has 2 N–H and O–H groups in total. The SMILES string of the molecule is O=C(O)CCC(=O)N1N=C(c2ccccc2NS(=O)(=O)c2ccccc2)C[C@H]1c1ccco1. The Balaban J connectivity index is 1.66. The molecule has 170 valence electrons. The summed E-state index contributed by atoms with van der Waals surface area (Å²) in [6, 6.07) is 17.6. The van der Waals surface area contributed by atoms with Crippen LogP contribution in [0.1, 0.15) is 36.6 Å². The van der Waals surface area contributed by atoms with Gasteiger partial charge in [-0.25, -0.2) is 13.4 Å². The summed E-state index contributed by atoms with van der Waals surface area (Å²) >= 11 is 0. The smallest absolute Gasteiger partial charge is 0.303 e. The summed E-state index contributed by atoms with van der Waals surface area (Å²) in [6.45, 7) is 0. The number of hydrogen-bond donors (Lipinski definition) is 2. The largest absolute Gasteiger partial charge is 0.481 e. The van der Waals surface area contributed by atoms with E-state index in [-0.39, 0.29) is 24.2 Å². The van der Waals surface area contributed by atoms with Gasteiger partial charge in [0.2, 0.25) is 5.91 Å². The van der Waals surface area contributed by atoms with Gasteiger partial charge in [0.05, 0.1) is 29.0 Å². The number of nitrogens with one attached hydrogen (secondary N) is 1. The minimum atomic E-state index is -3.84. The number of sulfonamides is 1. The van der Waals surface area contributed by atoms with Gasteiger partial charge in [0.25, 0.3) is 10.0 Å². The zero-order valence-electron chi connectivity index (χ0n) is 17.4. The average molecular weight is 468 g/mol. The molecule has 1 aromatic heterocycles. The Morgan fingerprint density at radius 3 is 2.45 bits per heavy atom. The van der Waals surface area contributed by atoms with Gasteiger partial charge in [-0.3, -0.25) is 14.3 Å². The minimum absolute atomic E-state index is 0.118. The van der Waals surface area contributed by atoms with Crippen molar-refractivity contribution in [2.45, 2.75) is 30.2 Å². The Hall–Kier alpha value is -3.92. The number of amides is 1. The van der Waals surface area contributed by atoms with Gasteiger partial charge in [-0.15, -0.1) is 0 Å². The number of carboxylic acid groups (broad SMARTS) is 1. The number of hydrogen-bond acceptors (Lipinski definition) is 6. The lowest BCUT2D eigenvalue weighted by Gasteiger charge is -2.19. The fourth-order valence-corrected chi connectivity index (χ4v) is 4.66. The van der Waals surface area contributed by atoms with E-state index in [4.69, 9.17) is 9.52 Å². The van der Waals surface area contributed by atoms with Crippen molar-refractivity contribution in [2.24, 2.45) is 5.10 Å². The first kappa shape index (κ1) is 22.3. The molecule has 4 rings (SSSR count). The number of aliphatic carboxylic acids is 1. The van der Waals surface area contributed by atoms with Crippen LogP contribution < -0.4 is 4.72 Å². The van der Waals surface area contributed by atoms with Gasteiger partial charge in [-0.05, 0) is 30.3 Å². The van der Waals surface area contributed by atoms with Crippen LogP contribution in [-0.4, -0.2) is 36.1 Å². The van der Waals surface area contributed by atoms with Gasteiger partial charge in [-0.2, -0.15) is 5.10 Å². The van der Waals surface area contributed by atoms with Crippen molar-refractivity contribution in [3.05, 3.63) is 84.3 Å². The molecule has 1 atom stereocenters. The second kappa shape index (κ2) is 9.29. The lowest BCUT2D eigenvalue weighted by Crippen LogP contribution is -2.27. The van der Waals surface area contributed by atoms with Crippen LogP contribution in [0.4, 0.5) is 5.69 Å². The van der Waals surface area contributed by atoms with Gasteiger partial charge in [0.1, 0.15) is 11.8 Å². The highest BCUT2D eigenvalue weighted by Crippen LogP contribution is 2.35. The third kappa shape index (κ3) is 4.96. The topological polar surface area (TPSA) is 129 Å². The Bertz CT molecular complexity index is 1290. The van der Waals surface area contributed by atoms with E-state index in [0.717, 1.165) is 0 Å². The molecule has 0 radical (unpaired) electrons. The van der Waals surface area contributed by atoms with E-state index >= 15 is 0 Å². The minimum Gasteiger partial charge on any atom is -0.481 e. The Labute approximate surface area is 190 Å². The van der Waals surface area contributed by atoms with E-state index in [1.54, 1.807) is 54.6 Å². The van der Waals surface area contributed by atoms with E-state index < -0.39 is 27.9 Å². The van der Waals surface area contributed by atoms with Crippen molar-refractivity contribution in [1.82, 2.24) is 5.01 Å². The maximum atomic E-state index is 12.9. The molecule has 2 heterocycles. The summed E-state index contributed by atoms with van der Waals surface area (Å²) in [4.78, 5) is 23.8. The molecule has 1 aliphatic heterocycles. The van der Waals surface area contributed by atoms with Crippen molar-refractivity contribution in [3.8, 4) is 0 Å². The van der Waals surface area contributed by atoms with Crippen LogP contribution in [0.15, 0.2) is 87.4 Å². The number of carboxylic acids is 1. The lowest BCUT2D eigenvalue weighted by atomic mass is 10.0. The first-order valence-electron chi connectivity index (χ1n) is 10.2. The van der Waals surface area contributed by atoms with E-state index in [1.807, 2.05) is 0 Å². The maximum absolute atomic E-state index is 12.9. The third-order valence-corrected chi connectivity index (χ3v) is 6.51. The van der Waals surface area contributed by atoms with Gasteiger partial charge in [0.15, 0.2) is 0 Å². The summed E-state index contributed by atoms with van der Waals surface area (Å²) < 4.78 is 33.8. The molecule has 0 bridgehead atoms. The number of hydrazone groups is 1. The van der Waals surface area contributed by atoms with Crippen molar-refractivity contribution in [1.29, 1.82) is 0 Å². The van der Waals surface area contributed by atoms with Crippen molar-refractivity contribution in [2.75, 3.05) is 4.72 Å². The molecule has 9 nitrogen and oxygen atoms in total. The van der Waals surface area contributed by atoms with Gasteiger partial charge < -0.3 is 9.52 Å². The fraction of sp³-hybridized carbons (Fsp3) is 0.174. The Kier molecular flexibility index (Phi) is 6.27. The van der Waals surface area contributed by atoms with Crippen molar-refractivity contribution >= 4 is 33.3 Å². The molecule has 0 saturated carbocycles. The molecule has 2 aromatic carbocycles. The number of para-hydroxylation sites is 1. The van der Waals surface area contributed by atoms with Crippen LogP contribution >= 0.6 is 0 Å². The molecular formula is C23H21N3O6S. The molecule has 1 aliphatic rings.